The van der Waals surface area contributed by atoms with Gasteiger partial charge in [-0.1, -0.05) is 31.5 Å². The molecule has 1 saturated heterocycles. The molecule has 0 spiro atoms. The molecule has 0 aromatic heterocycles. The van der Waals surface area contributed by atoms with Crippen molar-refractivity contribution in [3.63, 3.8) is 0 Å². The van der Waals surface area contributed by atoms with Gasteiger partial charge in [-0.2, -0.15) is 0 Å². The molecule has 1 aromatic rings. The lowest BCUT2D eigenvalue weighted by Crippen LogP contribution is -2.37. The van der Waals surface area contributed by atoms with Crippen molar-refractivity contribution < 1.29 is 4.74 Å². The third-order valence-electron chi connectivity index (χ3n) is 3.68. The summed E-state index contributed by atoms with van der Waals surface area (Å²) in [7, 11) is 0. The van der Waals surface area contributed by atoms with Crippen molar-refractivity contribution >= 4 is 11.6 Å². The Morgan fingerprint density at radius 3 is 2.94 bits per heavy atom. The Morgan fingerprint density at radius 1 is 1.50 bits per heavy atom. The van der Waals surface area contributed by atoms with Crippen LogP contribution in [0.5, 0.6) is 5.75 Å². The minimum atomic E-state index is 0.255. The second-order valence-corrected chi connectivity index (χ2v) is 5.49. The molecule has 2 atom stereocenters. The average Bonchev–Trinajstić information content (AvgIpc) is 2.41. The van der Waals surface area contributed by atoms with Gasteiger partial charge in [0.05, 0.1) is 5.02 Å². The maximum Gasteiger partial charge on any atom is 0.138 e. The third kappa shape index (κ3) is 3.39. The van der Waals surface area contributed by atoms with E-state index in [0.717, 1.165) is 36.7 Å². The molecule has 0 radical (unpaired) electrons. The number of rotatable bonds is 4. The van der Waals surface area contributed by atoms with Crippen LogP contribution in [0.3, 0.4) is 0 Å². The molecule has 1 N–H and O–H groups in total. The second kappa shape index (κ2) is 6.44. The lowest BCUT2D eigenvalue weighted by Gasteiger charge is -2.24. The predicted octanol–water partition coefficient (Wildman–Crippen LogP) is 3.98. The van der Waals surface area contributed by atoms with E-state index in [0.29, 0.717) is 5.92 Å². The molecule has 2 rings (SSSR count). The van der Waals surface area contributed by atoms with Gasteiger partial charge >= 0.3 is 0 Å². The van der Waals surface area contributed by atoms with Gasteiger partial charge in [0.25, 0.3) is 0 Å². The molecule has 1 fully saturated rings. The van der Waals surface area contributed by atoms with Gasteiger partial charge in [-0.15, -0.1) is 0 Å². The first-order chi connectivity index (χ1) is 8.70. The summed E-state index contributed by atoms with van der Waals surface area (Å²) in [5.41, 5.74) is 1.29. The van der Waals surface area contributed by atoms with Crippen LogP contribution in [0.4, 0.5) is 0 Å². The van der Waals surface area contributed by atoms with Gasteiger partial charge in [-0.3, -0.25) is 0 Å². The highest BCUT2D eigenvalue weighted by Crippen LogP contribution is 2.30. The first kappa shape index (κ1) is 13.7. The molecule has 0 saturated carbocycles. The summed E-state index contributed by atoms with van der Waals surface area (Å²) >= 11 is 6.30. The molecule has 3 heteroatoms. The van der Waals surface area contributed by atoms with Crippen LogP contribution in [0.2, 0.25) is 5.02 Å². The summed E-state index contributed by atoms with van der Waals surface area (Å²) in [4.78, 5) is 0. The Balaban J connectivity index is 2.04. The van der Waals surface area contributed by atoms with E-state index in [1.165, 1.54) is 12.0 Å². The molecule has 0 amide bonds. The molecule has 1 heterocycles. The lowest BCUT2D eigenvalue weighted by molar-refractivity contribution is 0.167. The third-order valence-corrected chi connectivity index (χ3v) is 3.98. The fourth-order valence-corrected chi connectivity index (χ4v) is 2.49. The van der Waals surface area contributed by atoms with E-state index >= 15 is 0 Å². The van der Waals surface area contributed by atoms with Crippen LogP contribution in [0.1, 0.15) is 44.6 Å². The lowest BCUT2D eigenvalue weighted by atomic mass is 9.99. The first-order valence-electron chi connectivity index (χ1n) is 6.87. The molecule has 2 unspecified atom stereocenters. The minimum Gasteiger partial charge on any atom is -0.488 e. The van der Waals surface area contributed by atoms with Crippen molar-refractivity contribution in [2.75, 3.05) is 13.1 Å². The number of halogens is 1. The Labute approximate surface area is 115 Å². The number of ether oxygens (including phenoxy) is 1. The summed E-state index contributed by atoms with van der Waals surface area (Å²) in [5, 5.41) is 4.08. The Hall–Kier alpha value is -0.730. The zero-order valence-corrected chi connectivity index (χ0v) is 12.0. The molecular formula is C15H22ClNO. The van der Waals surface area contributed by atoms with Gasteiger partial charge in [0.15, 0.2) is 0 Å². The molecule has 1 aromatic carbocycles. The van der Waals surface area contributed by atoms with Crippen molar-refractivity contribution in [2.24, 2.45) is 0 Å². The fraction of sp³-hybridized carbons (Fsp3) is 0.600. The van der Waals surface area contributed by atoms with E-state index in [9.17, 15) is 0 Å². The van der Waals surface area contributed by atoms with E-state index < -0.39 is 0 Å². The van der Waals surface area contributed by atoms with Crippen LogP contribution in [-0.2, 0) is 0 Å². The van der Waals surface area contributed by atoms with Crippen molar-refractivity contribution in [3.05, 3.63) is 28.8 Å². The fourth-order valence-electron chi connectivity index (χ4n) is 2.25. The molecule has 1 aliphatic rings. The summed E-state index contributed by atoms with van der Waals surface area (Å²) in [5.74, 6) is 1.37. The van der Waals surface area contributed by atoms with E-state index in [4.69, 9.17) is 16.3 Å². The van der Waals surface area contributed by atoms with Crippen LogP contribution in [-0.4, -0.2) is 19.2 Å². The number of nitrogens with one attached hydrogen (secondary N) is 1. The van der Waals surface area contributed by atoms with Crippen LogP contribution >= 0.6 is 11.6 Å². The topological polar surface area (TPSA) is 21.3 Å². The number of hydrogen-bond acceptors (Lipinski definition) is 2. The van der Waals surface area contributed by atoms with E-state index in [1.807, 2.05) is 12.1 Å². The summed E-state index contributed by atoms with van der Waals surface area (Å²) in [6.07, 6.45) is 3.66. The highest BCUT2D eigenvalue weighted by Gasteiger charge is 2.16. The largest absolute Gasteiger partial charge is 0.488 e. The number of hydrogen-bond donors (Lipinski definition) is 1. The Morgan fingerprint density at radius 2 is 2.33 bits per heavy atom. The standard InChI is InChI=1S/C15H22ClNO/c1-3-11(2)12-6-7-15(14(16)9-12)18-13-5-4-8-17-10-13/h6-7,9,11,13,17H,3-5,8,10H2,1-2H3. The highest BCUT2D eigenvalue weighted by atomic mass is 35.5. The quantitative estimate of drug-likeness (QED) is 0.891. The zero-order valence-electron chi connectivity index (χ0n) is 11.2. The van der Waals surface area contributed by atoms with Gasteiger partial charge < -0.3 is 10.1 Å². The van der Waals surface area contributed by atoms with Crippen molar-refractivity contribution in [1.82, 2.24) is 5.32 Å². The van der Waals surface area contributed by atoms with Gasteiger partial charge in [-0.05, 0) is 49.4 Å². The Bertz CT molecular complexity index is 388. The average molecular weight is 268 g/mol. The van der Waals surface area contributed by atoms with E-state index in [1.54, 1.807) is 0 Å². The number of piperidine rings is 1. The predicted molar refractivity (Wildman–Crippen MR) is 76.7 cm³/mol. The molecule has 0 bridgehead atoms. The molecule has 2 nitrogen and oxygen atoms in total. The van der Waals surface area contributed by atoms with E-state index in [-0.39, 0.29) is 6.10 Å². The van der Waals surface area contributed by atoms with Crippen LogP contribution in [0.25, 0.3) is 0 Å². The van der Waals surface area contributed by atoms with Crippen LogP contribution < -0.4 is 10.1 Å². The molecule has 100 valence electrons. The SMILES string of the molecule is CCC(C)c1ccc(OC2CCCNC2)c(Cl)c1. The van der Waals surface area contributed by atoms with Gasteiger partial charge in [0.2, 0.25) is 0 Å². The number of benzene rings is 1. The van der Waals surface area contributed by atoms with Crippen LogP contribution in [0.15, 0.2) is 18.2 Å². The highest BCUT2D eigenvalue weighted by molar-refractivity contribution is 6.32. The van der Waals surface area contributed by atoms with Crippen LogP contribution in [0, 0.1) is 0 Å². The zero-order chi connectivity index (χ0) is 13.0. The monoisotopic (exact) mass is 267 g/mol. The van der Waals surface area contributed by atoms with Gasteiger partial charge in [0, 0.05) is 6.54 Å². The van der Waals surface area contributed by atoms with E-state index in [2.05, 4.69) is 25.2 Å². The van der Waals surface area contributed by atoms with Crippen molar-refractivity contribution in [2.45, 2.75) is 45.1 Å². The molecular weight excluding hydrogens is 246 g/mol. The minimum absolute atomic E-state index is 0.255. The van der Waals surface area contributed by atoms with Crippen molar-refractivity contribution in [1.29, 1.82) is 0 Å². The van der Waals surface area contributed by atoms with Gasteiger partial charge in [-0.25, -0.2) is 0 Å². The first-order valence-corrected chi connectivity index (χ1v) is 7.25. The maximum atomic E-state index is 6.30. The Kier molecular flexibility index (Phi) is 4.90. The second-order valence-electron chi connectivity index (χ2n) is 5.09. The normalized spacial score (nSPS) is 21.6. The maximum absolute atomic E-state index is 6.30. The summed E-state index contributed by atoms with van der Waals surface area (Å²) < 4.78 is 5.96. The molecule has 18 heavy (non-hydrogen) atoms. The van der Waals surface area contributed by atoms with Crippen molar-refractivity contribution in [3.8, 4) is 5.75 Å². The summed E-state index contributed by atoms with van der Waals surface area (Å²) in [6, 6.07) is 6.19. The summed E-state index contributed by atoms with van der Waals surface area (Å²) in [6.45, 7) is 6.43. The smallest absolute Gasteiger partial charge is 0.138 e. The molecule has 0 aliphatic carbocycles. The van der Waals surface area contributed by atoms with Gasteiger partial charge in [0.1, 0.15) is 11.9 Å². The molecule has 1 aliphatic heterocycles.